The lowest BCUT2D eigenvalue weighted by molar-refractivity contribution is -0.121. The second-order valence-corrected chi connectivity index (χ2v) is 6.97. The van der Waals surface area contributed by atoms with Crippen LogP contribution in [0.4, 0.5) is 5.69 Å². The van der Waals surface area contributed by atoms with Crippen LogP contribution in [0.2, 0.25) is 0 Å². The molecule has 0 bridgehead atoms. The van der Waals surface area contributed by atoms with Gasteiger partial charge in [0.05, 0.1) is 12.5 Å². The Morgan fingerprint density at radius 1 is 1.11 bits per heavy atom. The van der Waals surface area contributed by atoms with E-state index < -0.39 is 5.97 Å². The van der Waals surface area contributed by atoms with Crippen LogP contribution >= 0.6 is 11.3 Å². The van der Waals surface area contributed by atoms with E-state index in [0.717, 1.165) is 15.6 Å². The number of benzene rings is 2. The molecular weight excluding hydrogens is 360 g/mol. The molecule has 6 heteroatoms. The van der Waals surface area contributed by atoms with Crippen LogP contribution in [0.15, 0.2) is 54.6 Å². The van der Waals surface area contributed by atoms with Crippen molar-refractivity contribution in [2.24, 2.45) is 0 Å². The van der Waals surface area contributed by atoms with Gasteiger partial charge in [-0.05, 0) is 36.1 Å². The second-order valence-electron chi connectivity index (χ2n) is 5.92. The van der Waals surface area contributed by atoms with Crippen molar-refractivity contribution < 1.29 is 14.3 Å². The molecule has 1 heterocycles. The number of aryl methyl sites for hydroxylation is 1. The first-order chi connectivity index (χ1) is 13.1. The maximum Gasteiger partial charge on any atom is 0.349 e. The first-order valence-corrected chi connectivity index (χ1v) is 9.31. The van der Waals surface area contributed by atoms with Gasteiger partial charge in [0.1, 0.15) is 4.88 Å². The van der Waals surface area contributed by atoms with Gasteiger partial charge in [0.15, 0.2) is 6.61 Å². The van der Waals surface area contributed by atoms with Crippen molar-refractivity contribution in [1.29, 1.82) is 5.26 Å². The molecule has 3 rings (SSSR count). The Labute approximate surface area is 161 Å². The first kappa shape index (κ1) is 18.6. The van der Waals surface area contributed by atoms with E-state index in [4.69, 9.17) is 10.00 Å². The van der Waals surface area contributed by atoms with Gasteiger partial charge in [0.25, 0.3) is 5.91 Å². The zero-order chi connectivity index (χ0) is 19.2. The number of ether oxygens (including phenoxy) is 1. The van der Waals surface area contributed by atoms with Crippen LogP contribution in [-0.2, 0) is 9.53 Å². The summed E-state index contributed by atoms with van der Waals surface area (Å²) >= 11 is 1.36. The quantitative estimate of drug-likeness (QED) is 0.599. The van der Waals surface area contributed by atoms with Gasteiger partial charge in [0, 0.05) is 16.9 Å². The topological polar surface area (TPSA) is 70.4 Å². The van der Waals surface area contributed by atoms with Gasteiger partial charge in [-0.2, -0.15) is 5.26 Å². The molecule has 1 amide bonds. The number of para-hydroxylation sites is 1. The van der Waals surface area contributed by atoms with E-state index in [0.29, 0.717) is 10.6 Å². The fraction of sp³-hybridized carbons (Fsp3) is 0.190. The van der Waals surface area contributed by atoms with E-state index in [9.17, 15) is 9.59 Å². The maximum atomic E-state index is 12.6. The molecule has 0 atom stereocenters. The molecular formula is C21H18N2O3S. The normalized spacial score (nSPS) is 10.4. The Hall–Kier alpha value is -3.17. The lowest BCUT2D eigenvalue weighted by atomic mass is 10.1. The summed E-state index contributed by atoms with van der Waals surface area (Å²) in [5.41, 5.74) is 1.53. The van der Waals surface area contributed by atoms with Gasteiger partial charge in [-0.3, -0.25) is 4.79 Å². The average molecular weight is 378 g/mol. The van der Waals surface area contributed by atoms with Crippen molar-refractivity contribution in [1.82, 2.24) is 0 Å². The molecule has 0 saturated heterocycles. The molecule has 0 aliphatic rings. The molecule has 0 saturated carbocycles. The monoisotopic (exact) mass is 378 g/mol. The number of esters is 1. The van der Waals surface area contributed by atoms with Crippen LogP contribution in [0.1, 0.15) is 21.7 Å². The first-order valence-electron chi connectivity index (χ1n) is 8.49. The van der Waals surface area contributed by atoms with E-state index >= 15 is 0 Å². The van der Waals surface area contributed by atoms with Crippen molar-refractivity contribution in [3.05, 3.63) is 65.0 Å². The summed E-state index contributed by atoms with van der Waals surface area (Å²) < 4.78 is 6.29. The van der Waals surface area contributed by atoms with Crippen LogP contribution in [0.5, 0.6) is 0 Å². The van der Waals surface area contributed by atoms with E-state index in [1.807, 2.05) is 55.5 Å². The molecule has 0 unspecified atom stereocenters. The summed E-state index contributed by atoms with van der Waals surface area (Å²) in [5.74, 6) is -0.862. The van der Waals surface area contributed by atoms with Gasteiger partial charge in [-0.15, -0.1) is 11.3 Å². The third kappa shape index (κ3) is 4.15. The van der Waals surface area contributed by atoms with E-state index in [1.54, 1.807) is 12.1 Å². The highest BCUT2D eigenvalue weighted by Crippen LogP contribution is 2.31. The fourth-order valence-corrected chi connectivity index (χ4v) is 3.91. The summed E-state index contributed by atoms with van der Waals surface area (Å²) in [4.78, 5) is 27.0. The molecule has 0 aliphatic carbocycles. The third-order valence-electron chi connectivity index (χ3n) is 4.17. The minimum atomic E-state index is -0.504. The minimum Gasteiger partial charge on any atom is -0.451 e. The molecule has 0 radical (unpaired) electrons. The Morgan fingerprint density at radius 3 is 2.52 bits per heavy atom. The average Bonchev–Trinajstić information content (AvgIpc) is 3.04. The molecule has 1 aromatic heterocycles. The van der Waals surface area contributed by atoms with Crippen molar-refractivity contribution in [2.45, 2.75) is 13.3 Å². The number of anilines is 1. The largest absolute Gasteiger partial charge is 0.451 e. The molecule has 0 N–H and O–H groups in total. The van der Waals surface area contributed by atoms with Crippen molar-refractivity contribution in [3.63, 3.8) is 0 Å². The highest BCUT2D eigenvalue weighted by molar-refractivity contribution is 7.21. The van der Waals surface area contributed by atoms with Crippen LogP contribution in [0.25, 0.3) is 10.1 Å². The Balaban J connectivity index is 1.71. The van der Waals surface area contributed by atoms with E-state index in [1.165, 1.54) is 16.2 Å². The van der Waals surface area contributed by atoms with E-state index in [-0.39, 0.29) is 25.5 Å². The molecule has 0 fully saturated rings. The molecule has 0 aliphatic heterocycles. The van der Waals surface area contributed by atoms with Gasteiger partial charge in [0.2, 0.25) is 0 Å². The highest BCUT2D eigenvalue weighted by Gasteiger charge is 2.20. The number of rotatable bonds is 6. The number of nitrogens with zero attached hydrogens (tertiary/aromatic N) is 2. The van der Waals surface area contributed by atoms with Crippen LogP contribution in [-0.4, -0.2) is 25.0 Å². The molecule has 3 aromatic rings. The number of carbonyl (C=O) groups is 2. The standard InChI is InChI=1S/C21H18N2O3S/c1-15-17-10-5-6-11-18(17)27-20(15)21(25)26-14-19(24)23(13-7-12-22)16-8-3-2-4-9-16/h2-6,8-11H,7,13-14H2,1H3. The minimum absolute atomic E-state index is 0.198. The summed E-state index contributed by atoms with van der Waals surface area (Å²) in [5, 5.41) is 9.85. The predicted molar refractivity (Wildman–Crippen MR) is 106 cm³/mol. The molecule has 0 spiro atoms. The number of carbonyl (C=O) groups excluding carboxylic acids is 2. The summed E-state index contributed by atoms with van der Waals surface area (Å²) in [6, 6.07) is 18.8. The van der Waals surface area contributed by atoms with Crippen molar-refractivity contribution in [3.8, 4) is 6.07 Å². The second kappa shape index (κ2) is 8.47. The number of fused-ring (bicyclic) bond motifs is 1. The smallest absolute Gasteiger partial charge is 0.349 e. The predicted octanol–water partition coefficient (Wildman–Crippen LogP) is 4.31. The summed E-state index contributed by atoms with van der Waals surface area (Å²) in [7, 11) is 0. The highest BCUT2D eigenvalue weighted by atomic mass is 32.1. The van der Waals surface area contributed by atoms with Gasteiger partial charge < -0.3 is 9.64 Å². The van der Waals surface area contributed by atoms with Crippen molar-refractivity contribution >= 4 is 39.0 Å². The number of hydrogen-bond acceptors (Lipinski definition) is 5. The lowest BCUT2D eigenvalue weighted by Crippen LogP contribution is -2.35. The molecule has 136 valence electrons. The molecule has 5 nitrogen and oxygen atoms in total. The van der Waals surface area contributed by atoms with Gasteiger partial charge in [-0.1, -0.05) is 36.4 Å². The van der Waals surface area contributed by atoms with Crippen LogP contribution < -0.4 is 4.90 Å². The fourth-order valence-electron chi connectivity index (χ4n) is 2.81. The zero-order valence-corrected chi connectivity index (χ0v) is 15.7. The molecule has 27 heavy (non-hydrogen) atoms. The Bertz CT molecular complexity index is 1010. The SMILES string of the molecule is Cc1c(C(=O)OCC(=O)N(CCC#N)c2ccccc2)sc2ccccc12. The zero-order valence-electron chi connectivity index (χ0n) is 14.8. The summed E-state index contributed by atoms with van der Waals surface area (Å²) in [6.45, 7) is 1.76. The van der Waals surface area contributed by atoms with Crippen LogP contribution in [0.3, 0.4) is 0 Å². The third-order valence-corrected chi connectivity index (χ3v) is 5.42. The number of nitriles is 1. The van der Waals surface area contributed by atoms with Crippen molar-refractivity contribution in [2.75, 3.05) is 18.1 Å². The maximum absolute atomic E-state index is 12.6. The lowest BCUT2D eigenvalue weighted by Gasteiger charge is -2.21. The summed E-state index contributed by atoms with van der Waals surface area (Å²) in [6.07, 6.45) is 0.198. The van der Waals surface area contributed by atoms with Gasteiger partial charge >= 0.3 is 5.97 Å². The Kier molecular flexibility index (Phi) is 5.84. The van der Waals surface area contributed by atoms with Gasteiger partial charge in [-0.25, -0.2) is 4.79 Å². The number of thiophene rings is 1. The van der Waals surface area contributed by atoms with E-state index in [2.05, 4.69) is 0 Å². The Morgan fingerprint density at radius 2 is 1.81 bits per heavy atom. The molecule has 2 aromatic carbocycles. The van der Waals surface area contributed by atoms with Crippen LogP contribution in [0, 0.1) is 18.3 Å². The number of hydrogen-bond donors (Lipinski definition) is 0. The number of amides is 1.